The number of aromatic carboxylic acids is 2. The summed E-state index contributed by atoms with van der Waals surface area (Å²) in [6, 6.07) is 12.3. The van der Waals surface area contributed by atoms with Gasteiger partial charge in [0.15, 0.2) is 0 Å². The minimum atomic E-state index is -0.945. The quantitative estimate of drug-likeness (QED) is 0.892. The van der Waals surface area contributed by atoms with E-state index in [-0.39, 0.29) is 22.0 Å². The molecule has 4 nitrogen and oxygen atoms in total. The molecule has 2 aromatic rings. The zero-order chi connectivity index (χ0) is 17.7. The molecule has 0 aliphatic heterocycles. The topological polar surface area (TPSA) is 74.6 Å². The van der Waals surface area contributed by atoms with Crippen LogP contribution in [0.2, 0.25) is 0 Å². The van der Waals surface area contributed by atoms with Crippen molar-refractivity contribution < 1.29 is 19.8 Å². The molecular formula is C20H20O4. The van der Waals surface area contributed by atoms with Crippen LogP contribution in [0.4, 0.5) is 0 Å². The van der Waals surface area contributed by atoms with Gasteiger partial charge in [0.05, 0.1) is 11.1 Å². The smallest absolute Gasteiger partial charge is 0.335 e. The molecule has 1 unspecified atom stereocenters. The van der Waals surface area contributed by atoms with Crippen molar-refractivity contribution in [2.45, 2.75) is 38.0 Å². The summed E-state index contributed by atoms with van der Waals surface area (Å²) >= 11 is 0. The number of hydrogen-bond donors (Lipinski definition) is 2. The maximum Gasteiger partial charge on any atom is 0.335 e. The van der Waals surface area contributed by atoms with Crippen molar-refractivity contribution in [2.75, 3.05) is 0 Å². The second-order valence-corrected chi connectivity index (χ2v) is 7.34. The molecule has 0 spiro atoms. The van der Waals surface area contributed by atoms with Gasteiger partial charge in [-0.2, -0.15) is 0 Å². The zero-order valence-electron chi connectivity index (χ0n) is 14.0. The van der Waals surface area contributed by atoms with Gasteiger partial charge in [0.1, 0.15) is 0 Å². The molecule has 24 heavy (non-hydrogen) atoms. The van der Waals surface area contributed by atoms with E-state index in [4.69, 9.17) is 0 Å². The first-order chi connectivity index (χ1) is 11.1. The average molecular weight is 324 g/mol. The molecule has 2 N–H and O–H groups in total. The first-order valence-corrected chi connectivity index (χ1v) is 7.87. The Bertz CT molecular complexity index is 850. The molecule has 3 rings (SSSR count). The Morgan fingerprint density at radius 2 is 1.50 bits per heavy atom. The van der Waals surface area contributed by atoms with Crippen molar-refractivity contribution in [3.63, 3.8) is 0 Å². The van der Waals surface area contributed by atoms with Crippen LogP contribution >= 0.6 is 0 Å². The van der Waals surface area contributed by atoms with E-state index >= 15 is 0 Å². The number of carbonyl (C=O) groups is 2. The van der Waals surface area contributed by atoms with E-state index in [0.29, 0.717) is 0 Å². The summed E-state index contributed by atoms with van der Waals surface area (Å²) in [7, 11) is 0. The van der Waals surface area contributed by atoms with Crippen molar-refractivity contribution in [1.82, 2.24) is 0 Å². The number of carboxylic acid groups (broad SMARTS) is 2. The van der Waals surface area contributed by atoms with Crippen molar-refractivity contribution >= 4 is 11.9 Å². The lowest BCUT2D eigenvalue weighted by Crippen LogP contribution is -2.23. The van der Waals surface area contributed by atoms with E-state index in [1.54, 1.807) is 30.3 Å². The Hall–Kier alpha value is -2.62. The Kier molecular flexibility index (Phi) is 3.52. The fourth-order valence-electron chi connectivity index (χ4n) is 4.05. The summed E-state index contributed by atoms with van der Waals surface area (Å²) in [5.74, 6) is -1.88. The number of benzene rings is 2. The lowest BCUT2D eigenvalue weighted by atomic mass is 9.74. The standard InChI is InChI=1S/C20H20O4/c1-19(2)11-20(3,14-6-4-5-12(9-14)17(21)22)15-8-7-13(18(23)24)10-16(15)19/h4-10H,11H2,1-3H3,(H,21,22)(H,23,24). The molecule has 1 atom stereocenters. The monoisotopic (exact) mass is 324 g/mol. The average Bonchev–Trinajstić information content (AvgIpc) is 2.74. The normalized spacial score (nSPS) is 21.3. The van der Waals surface area contributed by atoms with Crippen LogP contribution in [0.1, 0.15) is 64.6 Å². The van der Waals surface area contributed by atoms with Crippen molar-refractivity contribution in [3.05, 3.63) is 70.3 Å². The van der Waals surface area contributed by atoms with Crippen molar-refractivity contribution in [1.29, 1.82) is 0 Å². The van der Waals surface area contributed by atoms with Gasteiger partial charge in [0.25, 0.3) is 0 Å². The highest BCUT2D eigenvalue weighted by atomic mass is 16.4. The van der Waals surface area contributed by atoms with E-state index in [2.05, 4.69) is 20.8 Å². The number of fused-ring (bicyclic) bond motifs is 1. The number of rotatable bonds is 3. The second kappa shape index (κ2) is 5.20. The Balaban J connectivity index is 2.19. The van der Waals surface area contributed by atoms with Crippen LogP contribution < -0.4 is 0 Å². The van der Waals surface area contributed by atoms with Crippen LogP contribution in [0.15, 0.2) is 42.5 Å². The second-order valence-electron chi connectivity index (χ2n) is 7.34. The Morgan fingerprint density at radius 1 is 0.875 bits per heavy atom. The van der Waals surface area contributed by atoms with Crippen LogP contribution in [0.3, 0.4) is 0 Å². The zero-order valence-corrected chi connectivity index (χ0v) is 14.0. The minimum Gasteiger partial charge on any atom is -0.478 e. The van der Waals surface area contributed by atoms with E-state index in [1.807, 2.05) is 12.1 Å². The lowest BCUT2D eigenvalue weighted by Gasteiger charge is -2.28. The molecule has 2 aromatic carbocycles. The molecule has 1 aliphatic rings. The molecule has 1 aliphatic carbocycles. The van der Waals surface area contributed by atoms with Gasteiger partial charge < -0.3 is 10.2 Å². The summed E-state index contributed by atoms with van der Waals surface area (Å²) < 4.78 is 0. The first-order valence-electron chi connectivity index (χ1n) is 7.87. The van der Waals surface area contributed by atoms with Gasteiger partial charge in [0.2, 0.25) is 0 Å². The van der Waals surface area contributed by atoms with E-state index < -0.39 is 11.9 Å². The SMILES string of the molecule is CC1(C)CC(C)(c2cccc(C(=O)O)c2)c2ccc(C(=O)O)cc21. The van der Waals surface area contributed by atoms with Crippen LogP contribution in [0, 0.1) is 0 Å². The highest BCUT2D eigenvalue weighted by Gasteiger charge is 2.46. The summed E-state index contributed by atoms with van der Waals surface area (Å²) in [5.41, 5.74) is 3.05. The molecule has 0 fully saturated rings. The molecule has 4 heteroatoms. The van der Waals surface area contributed by atoms with E-state index in [9.17, 15) is 19.8 Å². The number of carboxylic acids is 2. The summed E-state index contributed by atoms with van der Waals surface area (Å²) in [6.45, 7) is 6.30. The van der Waals surface area contributed by atoms with Gasteiger partial charge in [-0.25, -0.2) is 9.59 Å². The fraction of sp³-hybridized carbons (Fsp3) is 0.300. The van der Waals surface area contributed by atoms with Gasteiger partial charge in [-0.1, -0.05) is 39.0 Å². The lowest BCUT2D eigenvalue weighted by molar-refractivity contribution is 0.0686. The molecule has 0 saturated carbocycles. The van der Waals surface area contributed by atoms with E-state index in [1.165, 1.54) is 0 Å². The van der Waals surface area contributed by atoms with Gasteiger partial charge in [0, 0.05) is 5.41 Å². The third kappa shape index (κ3) is 2.39. The Labute approximate surface area is 140 Å². The van der Waals surface area contributed by atoms with Crippen LogP contribution in [-0.4, -0.2) is 22.2 Å². The molecule has 0 aromatic heterocycles. The molecule has 0 amide bonds. The summed E-state index contributed by atoms with van der Waals surface area (Å²) in [5, 5.41) is 18.5. The molecule has 0 bridgehead atoms. The largest absolute Gasteiger partial charge is 0.478 e. The van der Waals surface area contributed by atoms with Crippen molar-refractivity contribution in [3.8, 4) is 0 Å². The minimum absolute atomic E-state index is 0.186. The fourth-order valence-corrected chi connectivity index (χ4v) is 4.05. The van der Waals surface area contributed by atoms with Crippen LogP contribution in [0.25, 0.3) is 0 Å². The summed E-state index contributed by atoms with van der Waals surface area (Å²) in [4.78, 5) is 22.6. The van der Waals surface area contributed by atoms with Crippen molar-refractivity contribution in [2.24, 2.45) is 0 Å². The molecule has 0 saturated heterocycles. The molecular weight excluding hydrogens is 304 g/mol. The molecule has 124 valence electrons. The van der Waals surface area contributed by atoms with Gasteiger partial charge in [-0.05, 0) is 52.8 Å². The highest BCUT2D eigenvalue weighted by Crippen LogP contribution is 2.52. The van der Waals surface area contributed by atoms with Gasteiger partial charge in [-0.15, -0.1) is 0 Å². The summed E-state index contributed by atoms with van der Waals surface area (Å²) in [6.07, 6.45) is 0.793. The van der Waals surface area contributed by atoms with Crippen LogP contribution in [0.5, 0.6) is 0 Å². The predicted molar refractivity (Wildman–Crippen MR) is 90.9 cm³/mol. The maximum absolute atomic E-state index is 11.3. The number of hydrogen-bond acceptors (Lipinski definition) is 2. The van der Waals surface area contributed by atoms with Gasteiger partial charge >= 0.3 is 11.9 Å². The van der Waals surface area contributed by atoms with E-state index in [0.717, 1.165) is 23.1 Å². The highest BCUT2D eigenvalue weighted by molar-refractivity contribution is 5.89. The Morgan fingerprint density at radius 3 is 2.12 bits per heavy atom. The molecule has 0 radical (unpaired) electrons. The third-order valence-electron chi connectivity index (χ3n) is 5.13. The van der Waals surface area contributed by atoms with Crippen LogP contribution in [-0.2, 0) is 10.8 Å². The first kappa shape index (κ1) is 16.2. The third-order valence-corrected chi connectivity index (χ3v) is 5.13. The predicted octanol–water partition coefficient (Wildman–Crippen LogP) is 4.07. The molecule has 0 heterocycles. The van der Waals surface area contributed by atoms with Gasteiger partial charge in [-0.3, -0.25) is 0 Å². The maximum atomic E-state index is 11.3.